The second kappa shape index (κ2) is 6.26. The van der Waals surface area contributed by atoms with E-state index in [9.17, 15) is 5.11 Å². The van der Waals surface area contributed by atoms with Crippen molar-refractivity contribution in [1.82, 2.24) is 0 Å². The largest absolute Gasteiger partial charge is 0.490 e. The second-order valence-corrected chi connectivity index (χ2v) is 5.35. The summed E-state index contributed by atoms with van der Waals surface area (Å²) in [7, 11) is 0. The van der Waals surface area contributed by atoms with Crippen LogP contribution >= 0.6 is 0 Å². The minimum absolute atomic E-state index is 0.0461. The Balaban J connectivity index is 2.23. The summed E-state index contributed by atoms with van der Waals surface area (Å²) < 4.78 is 11.2. The maximum absolute atomic E-state index is 10.4. The summed E-state index contributed by atoms with van der Waals surface area (Å²) in [5.41, 5.74) is 6.60. The van der Waals surface area contributed by atoms with Gasteiger partial charge in [-0.1, -0.05) is 19.9 Å². The summed E-state index contributed by atoms with van der Waals surface area (Å²) in [4.78, 5) is 0. The molecular formula is C15H23NO3. The molecule has 0 saturated carbocycles. The summed E-state index contributed by atoms with van der Waals surface area (Å²) in [6, 6.07) is 5.63. The molecule has 0 saturated heterocycles. The molecule has 1 aromatic rings. The van der Waals surface area contributed by atoms with E-state index in [4.69, 9.17) is 15.2 Å². The lowest BCUT2D eigenvalue weighted by molar-refractivity contribution is 0.0858. The molecule has 1 aromatic carbocycles. The van der Waals surface area contributed by atoms with Gasteiger partial charge in [0.1, 0.15) is 0 Å². The van der Waals surface area contributed by atoms with E-state index in [-0.39, 0.29) is 5.92 Å². The summed E-state index contributed by atoms with van der Waals surface area (Å²) in [6.07, 6.45) is 0.312. The van der Waals surface area contributed by atoms with Crippen molar-refractivity contribution in [1.29, 1.82) is 0 Å². The van der Waals surface area contributed by atoms with Gasteiger partial charge in [0.15, 0.2) is 11.5 Å². The van der Waals surface area contributed by atoms with E-state index in [0.717, 1.165) is 17.7 Å². The van der Waals surface area contributed by atoms with Crippen LogP contribution in [0.25, 0.3) is 0 Å². The Morgan fingerprint density at radius 2 is 1.89 bits per heavy atom. The monoisotopic (exact) mass is 265 g/mol. The molecule has 2 unspecified atom stereocenters. The van der Waals surface area contributed by atoms with Crippen molar-refractivity contribution in [2.45, 2.75) is 26.4 Å². The second-order valence-electron chi connectivity index (χ2n) is 5.35. The SMILES string of the molecule is CC(C)C(CN)C(O)c1ccc2c(c1)OCCCO2. The molecule has 0 bridgehead atoms. The average Bonchev–Trinajstić information content (AvgIpc) is 2.63. The molecule has 0 fully saturated rings. The van der Waals surface area contributed by atoms with Crippen molar-refractivity contribution < 1.29 is 14.6 Å². The predicted octanol–water partition coefficient (Wildman–Crippen LogP) is 2.11. The van der Waals surface area contributed by atoms with E-state index in [1.165, 1.54) is 0 Å². The fraction of sp³-hybridized carbons (Fsp3) is 0.600. The van der Waals surface area contributed by atoms with Crippen LogP contribution in [0.3, 0.4) is 0 Å². The van der Waals surface area contributed by atoms with Gasteiger partial charge in [-0.2, -0.15) is 0 Å². The quantitative estimate of drug-likeness (QED) is 0.875. The Labute approximate surface area is 114 Å². The third kappa shape index (κ3) is 3.19. The smallest absolute Gasteiger partial charge is 0.161 e. The maximum Gasteiger partial charge on any atom is 0.161 e. The van der Waals surface area contributed by atoms with Crippen molar-refractivity contribution >= 4 is 0 Å². The van der Waals surface area contributed by atoms with Crippen LogP contribution in [0.2, 0.25) is 0 Å². The minimum Gasteiger partial charge on any atom is -0.490 e. The minimum atomic E-state index is -0.567. The normalized spacial score (nSPS) is 17.9. The van der Waals surface area contributed by atoms with E-state index in [1.807, 2.05) is 18.2 Å². The molecule has 4 nitrogen and oxygen atoms in total. The zero-order valence-corrected chi connectivity index (χ0v) is 11.6. The van der Waals surface area contributed by atoms with Crippen LogP contribution in [0.5, 0.6) is 11.5 Å². The summed E-state index contributed by atoms with van der Waals surface area (Å²) in [6.45, 7) is 5.93. The van der Waals surface area contributed by atoms with Crippen molar-refractivity contribution in [2.24, 2.45) is 17.6 Å². The third-order valence-electron chi connectivity index (χ3n) is 3.65. The molecule has 3 N–H and O–H groups in total. The summed E-state index contributed by atoms with van der Waals surface area (Å²) >= 11 is 0. The molecule has 2 atom stereocenters. The lowest BCUT2D eigenvalue weighted by Gasteiger charge is -2.25. The topological polar surface area (TPSA) is 64.7 Å². The van der Waals surface area contributed by atoms with Crippen LogP contribution in [0.4, 0.5) is 0 Å². The molecular weight excluding hydrogens is 242 g/mol. The Kier molecular flexibility index (Phi) is 4.66. The predicted molar refractivity (Wildman–Crippen MR) is 74.4 cm³/mol. The van der Waals surface area contributed by atoms with Gasteiger partial charge in [0.2, 0.25) is 0 Å². The number of aliphatic hydroxyl groups excluding tert-OH is 1. The van der Waals surface area contributed by atoms with E-state index in [2.05, 4.69) is 13.8 Å². The van der Waals surface area contributed by atoms with Gasteiger partial charge in [0, 0.05) is 12.3 Å². The molecule has 0 amide bonds. The van der Waals surface area contributed by atoms with Gasteiger partial charge in [-0.25, -0.2) is 0 Å². The lowest BCUT2D eigenvalue weighted by Crippen LogP contribution is -2.26. The molecule has 106 valence electrons. The van der Waals surface area contributed by atoms with Gasteiger partial charge in [-0.15, -0.1) is 0 Å². The number of hydrogen-bond acceptors (Lipinski definition) is 4. The van der Waals surface area contributed by atoms with Crippen molar-refractivity contribution in [3.8, 4) is 11.5 Å². The van der Waals surface area contributed by atoms with Crippen molar-refractivity contribution in [2.75, 3.05) is 19.8 Å². The number of hydrogen-bond donors (Lipinski definition) is 2. The van der Waals surface area contributed by atoms with E-state index in [0.29, 0.717) is 31.4 Å². The van der Waals surface area contributed by atoms with Gasteiger partial charge >= 0.3 is 0 Å². The van der Waals surface area contributed by atoms with E-state index in [1.54, 1.807) is 0 Å². The molecule has 4 heteroatoms. The summed E-state index contributed by atoms with van der Waals surface area (Å²) in [5.74, 6) is 1.84. The van der Waals surface area contributed by atoms with Crippen LogP contribution in [0, 0.1) is 11.8 Å². The van der Waals surface area contributed by atoms with Crippen molar-refractivity contribution in [3.05, 3.63) is 23.8 Å². The standard InChI is InChI=1S/C15H23NO3/c1-10(2)12(9-16)15(17)11-4-5-13-14(8-11)19-7-3-6-18-13/h4-5,8,10,12,15,17H,3,6-7,9,16H2,1-2H3. The highest BCUT2D eigenvalue weighted by Gasteiger charge is 2.24. The first kappa shape index (κ1) is 14.2. The number of nitrogens with two attached hydrogens (primary N) is 1. The first-order valence-electron chi connectivity index (χ1n) is 6.91. The Morgan fingerprint density at radius 3 is 2.53 bits per heavy atom. The number of rotatable bonds is 4. The molecule has 19 heavy (non-hydrogen) atoms. The van der Waals surface area contributed by atoms with Crippen molar-refractivity contribution in [3.63, 3.8) is 0 Å². The maximum atomic E-state index is 10.4. The highest BCUT2D eigenvalue weighted by Crippen LogP contribution is 2.35. The van der Waals surface area contributed by atoms with Crippen LogP contribution in [0.15, 0.2) is 18.2 Å². The lowest BCUT2D eigenvalue weighted by atomic mass is 9.86. The average molecular weight is 265 g/mol. The van der Waals surface area contributed by atoms with Crippen LogP contribution in [-0.2, 0) is 0 Å². The van der Waals surface area contributed by atoms with Crippen LogP contribution in [-0.4, -0.2) is 24.9 Å². The first-order chi connectivity index (χ1) is 9.13. The molecule has 1 aliphatic rings. The number of aliphatic hydroxyl groups is 1. The van der Waals surface area contributed by atoms with E-state index >= 15 is 0 Å². The Hall–Kier alpha value is -1.26. The van der Waals surface area contributed by atoms with Gasteiger partial charge in [0.25, 0.3) is 0 Å². The molecule has 0 aromatic heterocycles. The Morgan fingerprint density at radius 1 is 1.21 bits per heavy atom. The zero-order chi connectivity index (χ0) is 13.8. The molecule has 1 aliphatic heterocycles. The van der Waals surface area contributed by atoms with Gasteiger partial charge in [0.05, 0.1) is 19.3 Å². The highest BCUT2D eigenvalue weighted by molar-refractivity contribution is 5.44. The zero-order valence-electron chi connectivity index (χ0n) is 11.6. The number of fused-ring (bicyclic) bond motifs is 1. The fourth-order valence-corrected chi connectivity index (χ4v) is 2.38. The third-order valence-corrected chi connectivity index (χ3v) is 3.65. The summed E-state index contributed by atoms with van der Waals surface area (Å²) in [5, 5.41) is 10.4. The number of benzene rings is 1. The molecule has 2 rings (SSSR count). The highest BCUT2D eigenvalue weighted by atomic mass is 16.5. The van der Waals surface area contributed by atoms with Gasteiger partial charge < -0.3 is 20.3 Å². The molecule has 0 radical (unpaired) electrons. The molecule has 0 aliphatic carbocycles. The first-order valence-corrected chi connectivity index (χ1v) is 6.91. The Bertz CT molecular complexity index is 420. The van der Waals surface area contributed by atoms with Gasteiger partial charge in [-0.05, 0) is 30.2 Å². The van der Waals surface area contributed by atoms with Crippen LogP contribution < -0.4 is 15.2 Å². The fourth-order valence-electron chi connectivity index (χ4n) is 2.38. The van der Waals surface area contributed by atoms with E-state index < -0.39 is 6.10 Å². The molecule has 1 heterocycles. The molecule has 0 spiro atoms. The number of ether oxygens (including phenoxy) is 2. The van der Waals surface area contributed by atoms with Gasteiger partial charge in [-0.3, -0.25) is 0 Å². The van der Waals surface area contributed by atoms with Crippen LogP contribution in [0.1, 0.15) is 31.9 Å².